The standard InChI is InChI=1S/C10H13NO3/c1-3-6-4-5(2)7-8(6)10(13)11(14)9(7)12/h3,5-8,14H,1,4H2,2H3. The Bertz CT molecular complexity index is 312. The predicted octanol–water partition coefficient (Wildman–Crippen LogP) is 0.819. The lowest BCUT2D eigenvalue weighted by molar-refractivity contribution is -0.174. The highest BCUT2D eigenvalue weighted by atomic mass is 16.5. The molecule has 0 spiro atoms. The van der Waals surface area contributed by atoms with Gasteiger partial charge in [0.1, 0.15) is 0 Å². The lowest BCUT2D eigenvalue weighted by Crippen LogP contribution is -2.29. The molecule has 0 bridgehead atoms. The van der Waals surface area contributed by atoms with E-state index < -0.39 is 11.8 Å². The molecule has 1 aliphatic carbocycles. The van der Waals surface area contributed by atoms with Gasteiger partial charge in [0.05, 0.1) is 11.8 Å². The van der Waals surface area contributed by atoms with Crippen LogP contribution in [-0.2, 0) is 9.59 Å². The lowest BCUT2D eigenvalue weighted by atomic mass is 9.90. The van der Waals surface area contributed by atoms with Crippen LogP contribution in [0.3, 0.4) is 0 Å². The number of hydrogen-bond donors (Lipinski definition) is 1. The van der Waals surface area contributed by atoms with Crippen molar-refractivity contribution in [3.63, 3.8) is 0 Å². The molecule has 1 N–H and O–H groups in total. The third-order valence-electron chi connectivity index (χ3n) is 3.40. The van der Waals surface area contributed by atoms with Crippen LogP contribution >= 0.6 is 0 Å². The third kappa shape index (κ3) is 0.973. The SMILES string of the molecule is C=CC1CC(C)C2C(=O)N(O)C(=O)C12. The number of rotatable bonds is 1. The normalized spacial score (nSPS) is 41.7. The van der Waals surface area contributed by atoms with Crippen LogP contribution in [0.2, 0.25) is 0 Å². The van der Waals surface area contributed by atoms with Gasteiger partial charge in [-0.15, -0.1) is 6.58 Å². The van der Waals surface area contributed by atoms with E-state index in [1.807, 2.05) is 6.92 Å². The Hall–Kier alpha value is -1.16. The summed E-state index contributed by atoms with van der Waals surface area (Å²) in [5, 5.41) is 9.48. The van der Waals surface area contributed by atoms with Gasteiger partial charge in [0.15, 0.2) is 0 Å². The predicted molar refractivity (Wildman–Crippen MR) is 48.1 cm³/mol. The molecule has 4 nitrogen and oxygen atoms in total. The maximum absolute atomic E-state index is 11.5. The largest absolute Gasteiger partial charge is 0.278 e. The summed E-state index contributed by atoms with van der Waals surface area (Å²) < 4.78 is 0. The van der Waals surface area contributed by atoms with E-state index >= 15 is 0 Å². The van der Waals surface area contributed by atoms with Gasteiger partial charge >= 0.3 is 0 Å². The van der Waals surface area contributed by atoms with Gasteiger partial charge in [-0.05, 0) is 18.3 Å². The maximum Gasteiger partial charge on any atom is 0.257 e. The van der Waals surface area contributed by atoms with Crippen LogP contribution in [0, 0.1) is 23.7 Å². The monoisotopic (exact) mass is 195 g/mol. The second-order valence-electron chi connectivity index (χ2n) is 4.15. The summed E-state index contributed by atoms with van der Waals surface area (Å²) in [6, 6.07) is 0. The Morgan fingerprint density at radius 1 is 1.43 bits per heavy atom. The van der Waals surface area contributed by atoms with E-state index in [0.717, 1.165) is 6.42 Å². The molecule has 0 aromatic heterocycles. The smallest absolute Gasteiger partial charge is 0.257 e. The summed E-state index contributed by atoms with van der Waals surface area (Å²) in [5.74, 6) is -1.44. The third-order valence-corrected chi connectivity index (χ3v) is 3.40. The number of allylic oxidation sites excluding steroid dienone is 1. The number of fused-ring (bicyclic) bond motifs is 1. The molecule has 1 heterocycles. The van der Waals surface area contributed by atoms with E-state index in [1.54, 1.807) is 6.08 Å². The van der Waals surface area contributed by atoms with Crippen LogP contribution in [0.4, 0.5) is 0 Å². The van der Waals surface area contributed by atoms with E-state index in [0.29, 0.717) is 0 Å². The van der Waals surface area contributed by atoms with Crippen molar-refractivity contribution in [2.45, 2.75) is 13.3 Å². The van der Waals surface area contributed by atoms with Crippen molar-refractivity contribution in [3.05, 3.63) is 12.7 Å². The van der Waals surface area contributed by atoms with Crippen molar-refractivity contribution in [2.24, 2.45) is 23.7 Å². The fourth-order valence-corrected chi connectivity index (χ4v) is 2.71. The van der Waals surface area contributed by atoms with E-state index in [1.165, 1.54) is 0 Å². The average Bonchev–Trinajstić information content (AvgIpc) is 2.60. The Morgan fingerprint density at radius 3 is 2.57 bits per heavy atom. The average molecular weight is 195 g/mol. The lowest BCUT2D eigenvalue weighted by Gasteiger charge is -2.11. The summed E-state index contributed by atoms with van der Waals surface area (Å²) in [5.41, 5.74) is 0. The van der Waals surface area contributed by atoms with Crippen molar-refractivity contribution >= 4 is 11.8 Å². The molecule has 4 heteroatoms. The molecule has 0 aromatic carbocycles. The molecule has 4 unspecified atom stereocenters. The minimum atomic E-state index is -0.464. The number of hydroxylamine groups is 2. The molecule has 76 valence electrons. The van der Waals surface area contributed by atoms with Gasteiger partial charge in [-0.2, -0.15) is 5.06 Å². The van der Waals surface area contributed by atoms with Crippen molar-refractivity contribution in [2.75, 3.05) is 0 Å². The second-order valence-corrected chi connectivity index (χ2v) is 4.15. The molecule has 2 rings (SSSR count). The van der Waals surface area contributed by atoms with Crippen molar-refractivity contribution in [1.82, 2.24) is 5.06 Å². The van der Waals surface area contributed by atoms with E-state index in [2.05, 4.69) is 6.58 Å². The molecular weight excluding hydrogens is 182 g/mol. The van der Waals surface area contributed by atoms with E-state index in [-0.39, 0.29) is 28.7 Å². The first-order valence-electron chi connectivity index (χ1n) is 4.77. The molecule has 1 saturated heterocycles. The fourth-order valence-electron chi connectivity index (χ4n) is 2.71. The minimum absolute atomic E-state index is 0.0311. The molecule has 2 aliphatic rings. The Kier molecular flexibility index (Phi) is 1.96. The van der Waals surface area contributed by atoms with Gasteiger partial charge in [-0.1, -0.05) is 13.0 Å². The first-order valence-corrected chi connectivity index (χ1v) is 4.77. The first kappa shape index (κ1) is 9.40. The topological polar surface area (TPSA) is 57.6 Å². The fraction of sp³-hybridized carbons (Fsp3) is 0.600. The van der Waals surface area contributed by atoms with Crippen LogP contribution in [0.25, 0.3) is 0 Å². The van der Waals surface area contributed by atoms with Crippen LogP contribution in [0.5, 0.6) is 0 Å². The van der Waals surface area contributed by atoms with Gasteiger partial charge in [0.2, 0.25) is 0 Å². The zero-order valence-electron chi connectivity index (χ0n) is 8.01. The number of hydrogen-bond acceptors (Lipinski definition) is 3. The van der Waals surface area contributed by atoms with Gasteiger partial charge in [0.25, 0.3) is 11.8 Å². The highest BCUT2D eigenvalue weighted by molar-refractivity contribution is 6.04. The summed E-state index contributed by atoms with van der Waals surface area (Å²) in [7, 11) is 0. The van der Waals surface area contributed by atoms with Crippen LogP contribution in [0.1, 0.15) is 13.3 Å². The number of carbonyl (C=O) groups is 2. The molecule has 2 fully saturated rings. The molecule has 14 heavy (non-hydrogen) atoms. The maximum atomic E-state index is 11.5. The van der Waals surface area contributed by atoms with E-state index in [4.69, 9.17) is 0 Å². The zero-order valence-corrected chi connectivity index (χ0v) is 8.01. The van der Waals surface area contributed by atoms with Crippen molar-refractivity contribution in [3.8, 4) is 0 Å². The summed E-state index contributed by atoms with van der Waals surface area (Å²) >= 11 is 0. The Balaban J connectivity index is 2.37. The van der Waals surface area contributed by atoms with E-state index in [9.17, 15) is 14.8 Å². The number of imide groups is 1. The molecule has 0 aromatic rings. The van der Waals surface area contributed by atoms with Crippen LogP contribution < -0.4 is 0 Å². The molecule has 4 atom stereocenters. The zero-order chi connectivity index (χ0) is 10.5. The summed E-state index contributed by atoms with van der Waals surface area (Å²) in [6.45, 7) is 5.59. The highest BCUT2D eigenvalue weighted by Crippen LogP contribution is 2.47. The molecular formula is C10H13NO3. The number of nitrogens with zero attached hydrogens (tertiary/aromatic N) is 1. The van der Waals surface area contributed by atoms with Crippen LogP contribution in [-0.4, -0.2) is 22.1 Å². The van der Waals surface area contributed by atoms with Crippen molar-refractivity contribution in [1.29, 1.82) is 0 Å². The number of carbonyl (C=O) groups excluding carboxylic acids is 2. The first-order chi connectivity index (χ1) is 6.57. The van der Waals surface area contributed by atoms with Gasteiger partial charge in [-0.25, -0.2) is 0 Å². The molecule has 2 amide bonds. The van der Waals surface area contributed by atoms with Gasteiger partial charge in [-0.3, -0.25) is 14.8 Å². The van der Waals surface area contributed by atoms with Gasteiger partial charge < -0.3 is 0 Å². The Labute approximate surface area is 82.2 Å². The molecule has 0 radical (unpaired) electrons. The molecule has 1 saturated carbocycles. The van der Waals surface area contributed by atoms with Gasteiger partial charge in [0, 0.05) is 0 Å². The minimum Gasteiger partial charge on any atom is -0.278 e. The second kappa shape index (κ2) is 2.92. The number of amides is 2. The van der Waals surface area contributed by atoms with Crippen molar-refractivity contribution < 1.29 is 14.8 Å². The molecule has 1 aliphatic heterocycles. The summed E-state index contributed by atoms with van der Waals surface area (Å²) in [6.07, 6.45) is 2.52. The Morgan fingerprint density at radius 2 is 2.00 bits per heavy atom. The highest BCUT2D eigenvalue weighted by Gasteiger charge is 2.56. The summed E-state index contributed by atoms with van der Waals surface area (Å²) in [4.78, 5) is 23.0. The quantitative estimate of drug-likeness (QED) is 0.383. The van der Waals surface area contributed by atoms with Crippen LogP contribution in [0.15, 0.2) is 12.7 Å².